The molecule has 0 saturated carbocycles. The molecule has 1 fully saturated rings. The highest BCUT2D eigenvalue weighted by atomic mass is 19.4. The van der Waals surface area contributed by atoms with E-state index in [1.807, 2.05) is 0 Å². The van der Waals surface area contributed by atoms with Gasteiger partial charge in [-0.15, -0.1) is 0 Å². The number of carboxylic acids is 1. The van der Waals surface area contributed by atoms with Crippen LogP contribution in [0.4, 0.5) is 18.9 Å². The van der Waals surface area contributed by atoms with Crippen LogP contribution in [0.2, 0.25) is 0 Å². The summed E-state index contributed by atoms with van der Waals surface area (Å²) in [6, 6.07) is 3.64. The van der Waals surface area contributed by atoms with Crippen LogP contribution in [-0.4, -0.2) is 34.9 Å². The highest BCUT2D eigenvalue weighted by Crippen LogP contribution is 2.38. The first-order valence-corrected chi connectivity index (χ1v) is 5.64. The standard InChI is InChI=1S/C12H12F3NO3/c13-12(14,15)8-3-1-2-4-9(8)16-6-7(17)5-10(16)11(18)19/h1-4,7,10,17H,5-6H2,(H,18,19). The molecular weight excluding hydrogens is 263 g/mol. The number of anilines is 1. The molecule has 0 aliphatic carbocycles. The number of benzene rings is 1. The second kappa shape index (κ2) is 4.73. The van der Waals surface area contributed by atoms with E-state index in [4.69, 9.17) is 5.11 Å². The number of carbonyl (C=O) groups is 1. The molecule has 1 aromatic rings. The molecule has 0 bridgehead atoms. The molecule has 1 saturated heterocycles. The molecule has 2 rings (SSSR count). The molecule has 1 heterocycles. The van der Waals surface area contributed by atoms with E-state index in [2.05, 4.69) is 0 Å². The number of carboxylic acid groups (broad SMARTS) is 1. The highest BCUT2D eigenvalue weighted by Gasteiger charge is 2.41. The summed E-state index contributed by atoms with van der Waals surface area (Å²) in [5.41, 5.74) is -1.10. The Morgan fingerprint density at radius 3 is 2.53 bits per heavy atom. The SMILES string of the molecule is O=C(O)C1CC(O)CN1c1ccccc1C(F)(F)F. The smallest absolute Gasteiger partial charge is 0.418 e. The molecule has 1 aliphatic heterocycles. The van der Waals surface area contributed by atoms with Gasteiger partial charge in [-0.1, -0.05) is 12.1 Å². The van der Waals surface area contributed by atoms with Crippen molar-refractivity contribution in [3.8, 4) is 0 Å². The number of β-amino-alcohol motifs (C(OH)–C–C–N with tert-alkyl or cyclic N) is 1. The number of hydrogen-bond donors (Lipinski definition) is 2. The highest BCUT2D eigenvalue weighted by molar-refractivity contribution is 5.80. The molecular formula is C12H12F3NO3. The lowest BCUT2D eigenvalue weighted by Gasteiger charge is -2.26. The number of alkyl halides is 3. The summed E-state index contributed by atoms with van der Waals surface area (Å²) in [7, 11) is 0. The average molecular weight is 275 g/mol. The Kier molecular flexibility index (Phi) is 3.40. The van der Waals surface area contributed by atoms with E-state index in [0.29, 0.717) is 0 Å². The van der Waals surface area contributed by atoms with Crippen molar-refractivity contribution >= 4 is 11.7 Å². The molecule has 2 unspecified atom stereocenters. The molecule has 0 amide bonds. The molecule has 2 N–H and O–H groups in total. The maximum atomic E-state index is 12.9. The fourth-order valence-corrected chi connectivity index (χ4v) is 2.28. The van der Waals surface area contributed by atoms with E-state index >= 15 is 0 Å². The van der Waals surface area contributed by atoms with Crippen molar-refractivity contribution in [2.24, 2.45) is 0 Å². The fraction of sp³-hybridized carbons (Fsp3) is 0.417. The lowest BCUT2D eigenvalue weighted by Crippen LogP contribution is -2.37. The Labute approximate surface area is 107 Å². The average Bonchev–Trinajstić information content (AvgIpc) is 2.70. The fourth-order valence-electron chi connectivity index (χ4n) is 2.28. The van der Waals surface area contributed by atoms with Crippen LogP contribution in [0, 0.1) is 0 Å². The Balaban J connectivity index is 2.44. The van der Waals surface area contributed by atoms with Gasteiger partial charge >= 0.3 is 12.1 Å². The monoisotopic (exact) mass is 275 g/mol. The van der Waals surface area contributed by atoms with E-state index in [0.717, 1.165) is 11.0 Å². The molecule has 2 atom stereocenters. The number of aliphatic carboxylic acids is 1. The number of rotatable bonds is 2. The molecule has 1 aromatic carbocycles. The predicted octanol–water partition coefficient (Wildman–Crippen LogP) is 1.73. The molecule has 1 aliphatic rings. The van der Waals surface area contributed by atoms with Crippen molar-refractivity contribution < 1.29 is 28.2 Å². The molecule has 104 valence electrons. The Morgan fingerprint density at radius 1 is 1.32 bits per heavy atom. The summed E-state index contributed by atoms with van der Waals surface area (Å²) in [6.07, 6.45) is -5.59. The molecule has 7 heteroatoms. The van der Waals surface area contributed by atoms with Gasteiger partial charge in [0.2, 0.25) is 0 Å². The topological polar surface area (TPSA) is 60.8 Å². The minimum Gasteiger partial charge on any atom is -0.480 e. The molecule has 19 heavy (non-hydrogen) atoms. The largest absolute Gasteiger partial charge is 0.480 e. The van der Waals surface area contributed by atoms with Gasteiger partial charge in [0.25, 0.3) is 0 Å². The predicted molar refractivity (Wildman–Crippen MR) is 60.8 cm³/mol. The Hall–Kier alpha value is -1.76. The number of para-hydroxylation sites is 1. The lowest BCUT2D eigenvalue weighted by molar-refractivity contribution is -0.140. The lowest BCUT2D eigenvalue weighted by atomic mass is 10.1. The van der Waals surface area contributed by atoms with Crippen LogP contribution in [-0.2, 0) is 11.0 Å². The van der Waals surface area contributed by atoms with Crippen LogP contribution < -0.4 is 4.90 Å². The zero-order valence-corrected chi connectivity index (χ0v) is 9.76. The van der Waals surface area contributed by atoms with Crippen molar-refractivity contribution in [1.82, 2.24) is 0 Å². The molecule has 0 spiro atoms. The van der Waals surface area contributed by atoms with E-state index in [9.17, 15) is 23.1 Å². The van der Waals surface area contributed by atoms with Gasteiger partial charge in [-0.25, -0.2) is 4.79 Å². The first kappa shape index (κ1) is 13.7. The molecule has 0 aromatic heterocycles. The van der Waals surface area contributed by atoms with Crippen LogP contribution in [0.25, 0.3) is 0 Å². The van der Waals surface area contributed by atoms with Gasteiger partial charge in [0.1, 0.15) is 6.04 Å². The quantitative estimate of drug-likeness (QED) is 0.863. The molecule has 4 nitrogen and oxygen atoms in total. The maximum absolute atomic E-state index is 12.9. The third kappa shape index (κ3) is 2.65. The van der Waals surface area contributed by atoms with Gasteiger partial charge in [-0.2, -0.15) is 13.2 Å². The summed E-state index contributed by atoms with van der Waals surface area (Å²) in [4.78, 5) is 12.2. The maximum Gasteiger partial charge on any atom is 0.418 e. The summed E-state index contributed by atoms with van der Waals surface area (Å²) in [5.74, 6) is -1.24. The third-order valence-corrected chi connectivity index (χ3v) is 3.08. The van der Waals surface area contributed by atoms with Gasteiger partial charge in [0, 0.05) is 18.7 Å². The second-order valence-corrected chi connectivity index (χ2v) is 4.41. The molecule has 0 radical (unpaired) electrons. The summed E-state index contributed by atoms with van der Waals surface area (Å²) < 4.78 is 38.7. The number of hydrogen-bond acceptors (Lipinski definition) is 3. The van der Waals surface area contributed by atoms with Crippen LogP contribution in [0.1, 0.15) is 12.0 Å². The number of nitrogens with zero attached hydrogens (tertiary/aromatic N) is 1. The van der Waals surface area contributed by atoms with E-state index in [-0.39, 0.29) is 18.7 Å². The first-order chi connectivity index (χ1) is 8.80. The van der Waals surface area contributed by atoms with Crippen molar-refractivity contribution in [2.75, 3.05) is 11.4 Å². The summed E-state index contributed by atoms with van der Waals surface area (Å²) in [6.45, 7) is -0.121. The zero-order chi connectivity index (χ0) is 14.2. The van der Waals surface area contributed by atoms with Gasteiger partial charge in [-0.05, 0) is 12.1 Å². The van der Waals surface area contributed by atoms with Crippen molar-refractivity contribution in [1.29, 1.82) is 0 Å². The minimum absolute atomic E-state index is 0.0818. The summed E-state index contributed by atoms with van der Waals surface area (Å²) in [5, 5.41) is 18.5. The van der Waals surface area contributed by atoms with Gasteiger partial charge in [0.05, 0.1) is 11.7 Å². The third-order valence-electron chi connectivity index (χ3n) is 3.08. The van der Waals surface area contributed by atoms with Crippen LogP contribution >= 0.6 is 0 Å². The van der Waals surface area contributed by atoms with Gasteiger partial charge in [0.15, 0.2) is 0 Å². The van der Waals surface area contributed by atoms with Gasteiger partial charge in [-0.3, -0.25) is 0 Å². The normalized spacial score (nSPS) is 23.7. The van der Waals surface area contributed by atoms with E-state index in [1.54, 1.807) is 0 Å². The van der Waals surface area contributed by atoms with Crippen molar-refractivity contribution in [2.45, 2.75) is 24.7 Å². The second-order valence-electron chi connectivity index (χ2n) is 4.41. The zero-order valence-electron chi connectivity index (χ0n) is 9.76. The Bertz CT molecular complexity index is 489. The minimum atomic E-state index is -4.56. The number of aliphatic hydroxyl groups excluding tert-OH is 1. The number of aliphatic hydroxyl groups is 1. The summed E-state index contributed by atoms with van der Waals surface area (Å²) >= 11 is 0. The van der Waals surface area contributed by atoms with E-state index in [1.165, 1.54) is 18.2 Å². The van der Waals surface area contributed by atoms with Crippen molar-refractivity contribution in [3.63, 3.8) is 0 Å². The van der Waals surface area contributed by atoms with Gasteiger partial charge < -0.3 is 15.1 Å². The van der Waals surface area contributed by atoms with E-state index < -0.39 is 29.9 Å². The van der Waals surface area contributed by atoms with Crippen LogP contribution in [0.5, 0.6) is 0 Å². The first-order valence-electron chi connectivity index (χ1n) is 5.64. The Morgan fingerprint density at radius 2 is 1.95 bits per heavy atom. The van der Waals surface area contributed by atoms with Crippen LogP contribution in [0.15, 0.2) is 24.3 Å². The van der Waals surface area contributed by atoms with Crippen LogP contribution in [0.3, 0.4) is 0 Å². The number of halogens is 3. The van der Waals surface area contributed by atoms with Crippen molar-refractivity contribution in [3.05, 3.63) is 29.8 Å².